The molecule has 4 nitrogen and oxygen atoms in total. The van der Waals surface area contributed by atoms with Crippen LogP contribution in [0.1, 0.15) is 42.1 Å². The number of carbonyl (C=O) groups excluding carboxylic acids is 1. The van der Waals surface area contributed by atoms with Gasteiger partial charge in [0.2, 0.25) is 5.91 Å². The van der Waals surface area contributed by atoms with Gasteiger partial charge in [-0.15, -0.1) is 11.3 Å². The third-order valence-corrected chi connectivity index (χ3v) is 6.58. The van der Waals surface area contributed by atoms with Crippen LogP contribution in [0.4, 0.5) is 0 Å². The smallest absolute Gasteiger partial charge is 0.227 e. The zero-order chi connectivity index (χ0) is 19.6. The maximum absolute atomic E-state index is 13.0. The van der Waals surface area contributed by atoms with Gasteiger partial charge in [0.1, 0.15) is 0 Å². The first kappa shape index (κ1) is 20.0. The first-order valence-electron chi connectivity index (χ1n) is 9.88. The Morgan fingerprint density at radius 3 is 2.44 bits per heavy atom. The van der Waals surface area contributed by atoms with Crippen molar-refractivity contribution in [1.82, 2.24) is 14.8 Å². The number of carbonyl (C=O) groups is 1. The molecule has 0 bridgehead atoms. The van der Waals surface area contributed by atoms with Gasteiger partial charge in [-0.05, 0) is 40.5 Å². The van der Waals surface area contributed by atoms with Crippen LogP contribution < -0.4 is 0 Å². The van der Waals surface area contributed by atoms with E-state index in [0.29, 0.717) is 18.5 Å². The van der Waals surface area contributed by atoms with E-state index in [1.165, 1.54) is 5.56 Å². The average molecular weight is 386 g/mol. The Morgan fingerprint density at radius 2 is 1.85 bits per heavy atom. The van der Waals surface area contributed by atoms with Crippen LogP contribution in [-0.4, -0.2) is 52.9 Å². The highest BCUT2D eigenvalue weighted by Gasteiger charge is 2.27. The molecule has 2 heterocycles. The topological polar surface area (TPSA) is 36.4 Å². The lowest BCUT2D eigenvalue weighted by Crippen LogP contribution is -2.47. The molecule has 1 aliphatic rings. The lowest BCUT2D eigenvalue weighted by molar-refractivity contribution is -0.132. The van der Waals surface area contributed by atoms with Crippen molar-refractivity contribution in [3.05, 3.63) is 39.7 Å². The fourth-order valence-corrected chi connectivity index (χ4v) is 4.73. The Labute approximate surface area is 167 Å². The summed E-state index contributed by atoms with van der Waals surface area (Å²) in [5.74, 6) is 0.204. The van der Waals surface area contributed by atoms with E-state index >= 15 is 0 Å². The van der Waals surface area contributed by atoms with Gasteiger partial charge < -0.3 is 9.80 Å². The third kappa shape index (κ3) is 4.77. The number of aryl methyl sites for hydroxylation is 2. The number of amides is 1. The summed E-state index contributed by atoms with van der Waals surface area (Å²) in [6.45, 7) is 10.7. The highest BCUT2D eigenvalue weighted by Crippen LogP contribution is 2.29. The second-order valence-corrected chi connectivity index (χ2v) is 9.20. The number of likely N-dealkylation sites (N-methyl/N-ethyl adjacent to an activating group) is 1. The summed E-state index contributed by atoms with van der Waals surface area (Å²) in [4.78, 5) is 23.2. The second kappa shape index (κ2) is 8.53. The Balaban J connectivity index is 1.68. The quantitative estimate of drug-likeness (QED) is 0.770. The summed E-state index contributed by atoms with van der Waals surface area (Å²) < 4.78 is 0. The van der Waals surface area contributed by atoms with Crippen molar-refractivity contribution in [2.75, 3.05) is 20.1 Å². The molecule has 0 atom stereocenters. The van der Waals surface area contributed by atoms with Gasteiger partial charge in [0.25, 0.3) is 0 Å². The van der Waals surface area contributed by atoms with Crippen molar-refractivity contribution in [2.45, 2.75) is 59.0 Å². The number of aromatic nitrogens is 1. The number of likely N-dealkylation sites (tertiary alicyclic amines) is 1. The molecule has 1 saturated heterocycles. The second-order valence-electron chi connectivity index (χ2n) is 7.91. The summed E-state index contributed by atoms with van der Waals surface area (Å²) in [6.07, 6.45) is 2.57. The van der Waals surface area contributed by atoms with Gasteiger partial charge in [-0.25, -0.2) is 4.98 Å². The largest absolute Gasteiger partial charge is 0.342 e. The fourth-order valence-electron chi connectivity index (χ4n) is 3.78. The number of hydrogen-bond acceptors (Lipinski definition) is 4. The van der Waals surface area contributed by atoms with Crippen LogP contribution in [0.25, 0.3) is 11.3 Å². The predicted molar refractivity (Wildman–Crippen MR) is 113 cm³/mol. The molecule has 146 valence electrons. The maximum atomic E-state index is 13.0. The minimum absolute atomic E-state index is 0.204. The molecule has 0 saturated carbocycles. The number of thiazole rings is 1. The van der Waals surface area contributed by atoms with Crippen LogP contribution in [0.15, 0.2) is 24.3 Å². The van der Waals surface area contributed by atoms with Gasteiger partial charge in [-0.1, -0.05) is 29.8 Å². The molecule has 0 N–H and O–H groups in total. The molecule has 3 rings (SSSR count). The average Bonchev–Trinajstić information content (AvgIpc) is 3.01. The first-order valence-corrected chi connectivity index (χ1v) is 10.7. The highest BCUT2D eigenvalue weighted by atomic mass is 32.1. The van der Waals surface area contributed by atoms with E-state index in [1.807, 2.05) is 18.9 Å². The van der Waals surface area contributed by atoms with Crippen molar-refractivity contribution < 1.29 is 4.79 Å². The van der Waals surface area contributed by atoms with E-state index in [4.69, 9.17) is 4.98 Å². The summed E-state index contributed by atoms with van der Waals surface area (Å²) in [5.41, 5.74) is 3.30. The molecule has 0 radical (unpaired) electrons. The molecule has 1 aromatic heterocycles. The van der Waals surface area contributed by atoms with Crippen LogP contribution in [0.5, 0.6) is 0 Å². The molecule has 1 aromatic carbocycles. The van der Waals surface area contributed by atoms with Gasteiger partial charge in [-0.3, -0.25) is 4.79 Å². The van der Waals surface area contributed by atoms with Crippen molar-refractivity contribution in [1.29, 1.82) is 0 Å². The van der Waals surface area contributed by atoms with E-state index in [-0.39, 0.29) is 5.91 Å². The number of piperidine rings is 1. The maximum Gasteiger partial charge on any atom is 0.227 e. The molecule has 27 heavy (non-hydrogen) atoms. The predicted octanol–water partition coefficient (Wildman–Crippen LogP) is 4.30. The van der Waals surface area contributed by atoms with Crippen LogP contribution in [0.2, 0.25) is 0 Å². The monoisotopic (exact) mass is 385 g/mol. The molecular formula is C22H31N3OS. The zero-order valence-electron chi connectivity index (χ0n) is 17.2. The minimum atomic E-state index is 0.204. The van der Waals surface area contributed by atoms with Gasteiger partial charge in [0.05, 0.1) is 17.1 Å². The molecule has 0 spiro atoms. The van der Waals surface area contributed by atoms with Gasteiger partial charge >= 0.3 is 0 Å². The summed E-state index contributed by atoms with van der Waals surface area (Å²) in [5, 5.41) is 1.02. The summed E-state index contributed by atoms with van der Waals surface area (Å²) in [7, 11) is 1.97. The van der Waals surface area contributed by atoms with Crippen LogP contribution in [0, 0.1) is 13.8 Å². The fraction of sp³-hybridized carbons (Fsp3) is 0.545. The standard InChI is InChI=1S/C22H31N3OS/c1-15(2)25-12-10-19(11-13-25)24(5)21(26)14-20-22(23-17(4)27-20)18-8-6-16(3)7-9-18/h6-9,15,19H,10-14H2,1-5H3. The van der Waals surface area contributed by atoms with Crippen molar-refractivity contribution in [2.24, 2.45) is 0 Å². The van der Waals surface area contributed by atoms with Crippen molar-refractivity contribution >= 4 is 17.2 Å². The molecule has 5 heteroatoms. The number of hydrogen-bond donors (Lipinski definition) is 0. The molecule has 2 aromatic rings. The summed E-state index contributed by atoms with van der Waals surface area (Å²) in [6, 6.07) is 9.34. The number of nitrogens with zero attached hydrogens (tertiary/aromatic N) is 3. The lowest BCUT2D eigenvalue weighted by atomic mass is 10.0. The van der Waals surface area contributed by atoms with Crippen LogP contribution in [0.3, 0.4) is 0 Å². The number of benzene rings is 1. The molecule has 0 aliphatic carbocycles. The van der Waals surface area contributed by atoms with Gasteiger partial charge in [0, 0.05) is 42.7 Å². The minimum Gasteiger partial charge on any atom is -0.342 e. The first-order chi connectivity index (χ1) is 12.8. The summed E-state index contributed by atoms with van der Waals surface area (Å²) >= 11 is 1.64. The molecular weight excluding hydrogens is 354 g/mol. The Kier molecular flexibility index (Phi) is 6.33. The molecule has 1 aliphatic heterocycles. The molecule has 1 amide bonds. The molecule has 0 unspecified atom stereocenters. The number of rotatable bonds is 5. The highest BCUT2D eigenvalue weighted by molar-refractivity contribution is 7.12. The Hall–Kier alpha value is -1.72. The normalized spacial score (nSPS) is 16.1. The van der Waals surface area contributed by atoms with E-state index in [1.54, 1.807) is 11.3 Å². The van der Waals surface area contributed by atoms with E-state index < -0.39 is 0 Å². The van der Waals surface area contributed by atoms with Gasteiger partial charge in [-0.2, -0.15) is 0 Å². The lowest BCUT2D eigenvalue weighted by Gasteiger charge is -2.38. The van der Waals surface area contributed by atoms with E-state index in [0.717, 1.165) is 47.1 Å². The Bertz CT molecular complexity index is 773. The zero-order valence-corrected chi connectivity index (χ0v) is 18.0. The van der Waals surface area contributed by atoms with Crippen molar-refractivity contribution in [3.8, 4) is 11.3 Å². The molecule has 1 fully saturated rings. The Morgan fingerprint density at radius 1 is 1.22 bits per heavy atom. The third-order valence-electron chi connectivity index (χ3n) is 5.61. The van der Waals surface area contributed by atoms with E-state index in [9.17, 15) is 4.79 Å². The van der Waals surface area contributed by atoms with Crippen LogP contribution >= 0.6 is 11.3 Å². The van der Waals surface area contributed by atoms with Crippen molar-refractivity contribution in [3.63, 3.8) is 0 Å². The van der Waals surface area contributed by atoms with Crippen LogP contribution in [-0.2, 0) is 11.2 Å². The van der Waals surface area contributed by atoms with Gasteiger partial charge in [0.15, 0.2) is 0 Å². The van der Waals surface area contributed by atoms with E-state index in [2.05, 4.69) is 49.9 Å². The SMILES string of the molecule is Cc1ccc(-c2nc(C)sc2CC(=O)N(C)C2CCN(C(C)C)CC2)cc1.